The lowest BCUT2D eigenvalue weighted by molar-refractivity contribution is -0.133. The second-order valence-electron chi connectivity index (χ2n) is 7.22. The van der Waals surface area contributed by atoms with Crippen molar-refractivity contribution in [3.63, 3.8) is 0 Å². The summed E-state index contributed by atoms with van der Waals surface area (Å²) in [5.41, 5.74) is 0.833. The van der Waals surface area contributed by atoms with E-state index >= 15 is 0 Å². The number of likely N-dealkylation sites (N-methyl/N-ethyl adjacent to an activating group) is 1. The highest BCUT2D eigenvalue weighted by Crippen LogP contribution is 2.13. The molecule has 0 atom stereocenters. The van der Waals surface area contributed by atoms with E-state index in [-0.39, 0.29) is 12.5 Å². The van der Waals surface area contributed by atoms with Gasteiger partial charge in [0.25, 0.3) is 0 Å². The first-order valence-corrected chi connectivity index (χ1v) is 11.1. The van der Waals surface area contributed by atoms with E-state index < -0.39 is 10.0 Å². The van der Waals surface area contributed by atoms with Gasteiger partial charge in [-0.25, -0.2) is 8.42 Å². The van der Waals surface area contributed by atoms with E-state index in [1.807, 2.05) is 61.3 Å². The van der Waals surface area contributed by atoms with Crippen LogP contribution >= 0.6 is 0 Å². The fraction of sp³-hybridized carbons (Fsp3) is 0.381. The van der Waals surface area contributed by atoms with Crippen LogP contribution in [0.15, 0.2) is 52.3 Å². The van der Waals surface area contributed by atoms with Crippen molar-refractivity contribution in [3.8, 4) is 0 Å². The third-order valence-electron chi connectivity index (χ3n) is 4.81. The molecule has 156 valence electrons. The van der Waals surface area contributed by atoms with Crippen molar-refractivity contribution in [1.82, 2.24) is 14.1 Å². The van der Waals surface area contributed by atoms with E-state index in [1.165, 1.54) is 9.71 Å². The number of aryl methyl sites for hydroxylation is 1. The first-order chi connectivity index (χ1) is 13.8. The van der Waals surface area contributed by atoms with Gasteiger partial charge >= 0.3 is 0 Å². The number of furan rings is 1. The molecule has 29 heavy (non-hydrogen) atoms. The summed E-state index contributed by atoms with van der Waals surface area (Å²) in [5, 5.41) is 1.24. The zero-order valence-corrected chi connectivity index (χ0v) is 17.6. The molecule has 0 spiro atoms. The van der Waals surface area contributed by atoms with Gasteiger partial charge in [-0.3, -0.25) is 9.69 Å². The lowest BCUT2D eigenvalue weighted by Gasteiger charge is -2.34. The summed E-state index contributed by atoms with van der Waals surface area (Å²) in [4.78, 5) is 16.2. The Morgan fingerprint density at radius 1 is 1.10 bits per heavy atom. The molecule has 1 fully saturated rings. The molecule has 1 saturated heterocycles. The van der Waals surface area contributed by atoms with Crippen molar-refractivity contribution in [3.05, 3.63) is 65.0 Å². The Kier molecular flexibility index (Phi) is 6.89. The number of hydrogen-bond donors (Lipinski definition) is 0. The zero-order valence-electron chi connectivity index (χ0n) is 16.8. The van der Waals surface area contributed by atoms with Crippen LogP contribution in [0.1, 0.15) is 17.1 Å². The normalized spacial score (nSPS) is 16.0. The molecule has 1 aromatic carbocycles. The van der Waals surface area contributed by atoms with E-state index in [4.69, 9.17) is 4.42 Å². The van der Waals surface area contributed by atoms with Crippen LogP contribution in [0.25, 0.3) is 6.08 Å². The van der Waals surface area contributed by atoms with E-state index in [1.54, 1.807) is 11.0 Å². The lowest BCUT2D eigenvalue weighted by atomic mass is 10.2. The average molecular weight is 418 g/mol. The van der Waals surface area contributed by atoms with Crippen molar-refractivity contribution in [2.24, 2.45) is 0 Å². The highest BCUT2D eigenvalue weighted by Gasteiger charge is 2.27. The minimum absolute atomic E-state index is 0.00680. The Hall–Kier alpha value is -2.42. The summed E-state index contributed by atoms with van der Waals surface area (Å²) >= 11 is 0. The summed E-state index contributed by atoms with van der Waals surface area (Å²) in [6, 6.07) is 13.1. The molecule has 2 heterocycles. The van der Waals surface area contributed by atoms with Crippen LogP contribution in [0.5, 0.6) is 0 Å². The third-order valence-corrected chi connectivity index (χ3v) is 6.38. The third kappa shape index (κ3) is 6.03. The molecule has 0 bridgehead atoms. The fourth-order valence-electron chi connectivity index (χ4n) is 3.23. The Morgan fingerprint density at radius 2 is 1.79 bits per heavy atom. The number of sulfonamides is 1. The smallest absolute Gasteiger partial charge is 0.236 e. The van der Waals surface area contributed by atoms with Crippen LogP contribution in [-0.4, -0.2) is 68.2 Å². The zero-order chi connectivity index (χ0) is 20.9. The highest BCUT2D eigenvalue weighted by molar-refractivity contribution is 7.92. The van der Waals surface area contributed by atoms with Gasteiger partial charge in [0.15, 0.2) is 0 Å². The molecule has 0 radical (unpaired) electrons. The van der Waals surface area contributed by atoms with E-state index in [0.29, 0.717) is 32.7 Å². The molecular weight excluding hydrogens is 390 g/mol. The number of piperazine rings is 1. The van der Waals surface area contributed by atoms with Crippen LogP contribution in [0, 0.1) is 6.92 Å². The largest absolute Gasteiger partial charge is 0.465 e. The number of carbonyl (C=O) groups is 1. The Morgan fingerprint density at radius 3 is 2.41 bits per heavy atom. The maximum atomic E-state index is 12.5. The van der Waals surface area contributed by atoms with Gasteiger partial charge in [-0.2, -0.15) is 4.31 Å². The first-order valence-electron chi connectivity index (χ1n) is 9.58. The Balaban J connectivity index is 1.49. The molecule has 0 saturated carbocycles. The number of nitrogens with zero attached hydrogens (tertiary/aromatic N) is 3. The Labute approximate surface area is 172 Å². The first kappa shape index (κ1) is 21.3. The van der Waals surface area contributed by atoms with Crippen LogP contribution in [0.2, 0.25) is 0 Å². The molecule has 1 aliphatic heterocycles. The number of carbonyl (C=O) groups excluding carboxylic acids is 1. The minimum Gasteiger partial charge on any atom is -0.465 e. The van der Waals surface area contributed by atoms with Gasteiger partial charge in [0, 0.05) is 31.6 Å². The van der Waals surface area contributed by atoms with Gasteiger partial charge in [-0.05, 0) is 37.7 Å². The van der Waals surface area contributed by atoms with Gasteiger partial charge in [0.1, 0.15) is 11.5 Å². The maximum absolute atomic E-state index is 12.5. The summed E-state index contributed by atoms with van der Waals surface area (Å²) in [5.74, 6) is 1.66. The van der Waals surface area contributed by atoms with E-state index in [0.717, 1.165) is 17.1 Å². The highest BCUT2D eigenvalue weighted by atomic mass is 32.2. The molecular formula is C21H27N3O4S. The van der Waals surface area contributed by atoms with Gasteiger partial charge in [-0.15, -0.1) is 0 Å². The van der Waals surface area contributed by atoms with Crippen molar-refractivity contribution in [1.29, 1.82) is 0 Å². The van der Waals surface area contributed by atoms with E-state index in [9.17, 15) is 13.2 Å². The summed E-state index contributed by atoms with van der Waals surface area (Å²) in [6.07, 6.45) is 1.60. The molecule has 2 aromatic rings. The molecule has 0 N–H and O–H groups in total. The molecule has 3 rings (SSSR count). The van der Waals surface area contributed by atoms with Crippen molar-refractivity contribution < 1.29 is 17.6 Å². The van der Waals surface area contributed by atoms with Crippen molar-refractivity contribution in [2.75, 3.05) is 39.8 Å². The fourth-order valence-corrected chi connectivity index (χ4v) is 4.40. The topological polar surface area (TPSA) is 74.1 Å². The van der Waals surface area contributed by atoms with Crippen LogP contribution in [0.3, 0.4) is 0 Å². The van der Waals surface area contributed by atoms with Crippen LogP contribution < -0.4 is 0 Å². The monoisotopic (exact) mass is 417 g/mol. The second-order valence-corrected chi connectivity index (χ2v) is 9.04. The summed E-state index contributed by atoms with van der Waals surface area (Å²) in [6.45, 7) is 4.09. The predicted octanol–water partition coefficient (Wildman–Crippen LogP) is 2.16. The number of amides is 1. The molecule has 7 nitrogen and oxygen atoms in total. The van der Waals surface area contributed by atoms with Gasteiger partial charge < -0.3 is 9.32 Å². The lowest BCUT2D eigenvalue weighted by Crippen LogP contribution is -2.51. The molecule has 1 amide bonds. The Bertz CT molecular complexity index is 945. The van der Waals surface area contributed by atoms with E-state index in [2.05, 4.69) is 0 Å². The summed E-state index contributed by atoms with van der Waals surface area (Å²) < 4.78 is 32.0. The number of rotatable bonds is 7. The molecule has 1 aliphatic rings. The second kappa shape index (κ2) is 9.39. The molecule has 1 aromatic heterocycles. The van der Waals surface area contributed by atoms with Gasteiger partial charge in [0.05, 0.1) is 13.1 Å². The molecule has 0 aliphatic carbocycles. The average Bonchev–Trinajstić information content (AvgIpc) is 3.11. The maximum Gasteiger partial charge on any atom is 0.236 e. The van der Waals surface area contributed by atoms with Crippen LogP contribution in [0.4, 0.5) is 0 Å². The van der Waals surface area contributed by atoms with Crippen molar-refractivity contribution >= 4 is 22.0 Å². The molecule has 0 unspecified atom stereocenters. The van der Waals surface area contributed by atoms with Gasteiger partial charge in [-0.1, -0.05) is 30.3 Å². The van der Waals surface area contributed by atoms with Crippen molar-refractivity contribution in [2.45, 2.75) is 13.5 Å². The standard InChI is InChI=1S/C21H27N3O4S/c1-18-8-9-20(28-18)16-22(2)17-21(25)23-11-13-24(14-12-23)29(26,27)15-10-19-6-4-3-5-7-19/h3-10,15H,11-14,16-17H2,1-2H3/b15-10+. The van der Waals surface area contributed by atoms with Gasteiger partial charge in [0.2, 0.25) is 15.9 Å². The predicted molar refractivity (Wildman–Crippen MR) is 112 cm³/mol. The summed E-state index contributed by atoms with van der Waals surface area (Å²) in [7, 11) is -1.63. The quantitative estimate of drug-likeness (QED) is 0.690. The number of hydrogen-bond acceptors (Lipinski definition) is 5. The molecule has 8 heteroatoms. The number of benzene rings is 1. The SMILES string of the molecule is Cc1ccc(CN(C)CC(=O)N2CCN(S(=O)(=O)/C=C/c3ccccc3)CC2)o1. The van der Waals surface area contributed by atoms with Crippen LogP contribution in [-0.2, 0) is 21.4 Å². The minimum atomic E-state index is -3.50.